The molecule has 6 nitrogen and oxygen atoms in total. The average molecular weight is 434 g/mol. The van der Waals surface area contributed by atoms with Gasteiger partial charge in [0.2, 0.25) is 5.91 Å². The number of nitrogens with zero attached hydrogens (tertiary/aromatic N) is 5. The SMILES string of the molecule is Cc1nc(-c2ccc3c(c2)CCN3C(=O)CSc2nncn2-c2ccccc2)cs1. The van der Waals surface area contributed by atoms with E-state index in [1.807, 2.05) is 52.8 Å². The molecule has 0 radical (unpaired) electrons. The molecule has 0 N–H and O–H groups in total. The van der Waals surface area contributed by atoms with E-state index in [9.17, 15) is 4.79 Å². The molecule has 0 aliphatic carbocycles. The average Bonchev–Trinajstić information content (AvgIpc) is 3.51. The van der Waals surface area contributed by atoms with Crippen LogP contribution in [0.15, 0.2) is 65.4 Å². The molecule has 1 aliphatic heterocycles. The maximum atomic E-state index is 12.9. The lowest BCUT2D eigenvalue weighted by Crippen LogP contribution is -2.30. The lowest BCUT2D eigenvalue weighted by atomic mass is 10.1. The van der Waals surface area contributed by atoms with Gasteiger partial charge in [-0.2, -0.15) is 0 Å². The maximum absolute atomic E-state index is 12.9. The molecule has 0 saturated heterocycles. The molecule has 0 saturated carbocycles. The molecule has 150 valence electrons. The number of rotatable bonds is 5. The van der Waals surface area contributed by atoms with Crippen LogP contribution in [-0.2, 0) is 11.2 Å². The quantitative estimate of drug-likeness (QED) is 0.437. The molecular weight excluding hydrogens is 414 g/mol. The molecule has 0 unspecified atom stereocenters. The van der Waals surface area contributed by atoms with Crippen LogP contribution in [0.5, 0.6) is 0 Å². The number of fused-ring (bicyclic) bond motifs is 1. The van der Waals surface area contributed by atoms with E-state index in [0.29, 0.717) is 17.5 Å². The Morgan fingerprint density at radius 3 is 2.87 bits per heavy atom. The van der Waals surface area contributed by atoms with Gasteiger partial charge in [-0.1, -0.05) is 36.0 Å². The highest BCUT2D eigenvalue weighted by Crippen LogP contribution is 2.33. The fraction of sp³-hybridized carbons (Fsp3) is 0.182. The van der Waals surface area contributed by atoms with Crippen LogP contribution in [0.1, 0.15) is 10.6 Å². The molecule has 3 heterocycles. The lowest BCUT2D eigenvalue weighted by Gasteiger charge is -2.17. The van der Waals surface area contributed by atoms with Gasteiger partial charge in [-0.15, -0.1) is 21.5 Å². The topological polar surface area (TPSA) is 63.9 Å². The van der Waals surface area contributed by atoms with Crippen LogP contribution in [0.2, 0.25) is 0 Å². The molecule has 2 aromatic carbocycles. The van der Waals surface area contributed by atoms with Crippen molar-refractivity contribution in [2.75, 3.05) is 17.2 Å². The molecule has 30 heavy (non-hydrogen) atoms. The third-order valence-electron chi connectivity index (χ3n) is 5.07. The summed E-state index contributed by atoms with van der Waals surface area (Å²) in [5.41, 5.74) is 5.29. The van der Waals surface area contributed by atoms with E-state index < -0.39 is 0 Å². The van der Waals surface area contributed by atoms with Gasteiger partial charge in [0, 0.05) is 28.9 Å². The van der Waals surface area contributed by atoms with Crippen LogP contribution in [0.3, 0.4) is 0 Å². The van der Waals surface area contributed by atoms with Gasteiger partial charge in [-0.3, -0.25) is 9.36 Å². The zero-order valence-corrected chi connectivity index (χ0v) is 18.0. The summed E-state index contributed by atoms with van der Waals surface area (Å²) in [5, 5.41) is 12.0. The minimum Gasteiger partial charge on any atom is -0.311 e. The third-order valence-corrected chi connectivity index (χ3v) is 6.77. The number of anilines is 1. The highest BCUT2D eigenvalue weighted by atomic mass is 32.2. The molecule has 0 bridgehead atoms. The van der Waals surface area contributed by atoms with Gasteiger partial charge >= 0.3 is 0 Å². The largest absolute Gasteiger partial charge is 0.311 e. The van der Waals surface area contributed by atoms with Gasteiger partial charge in [0.05, 0.1) is 16.5 Å². The minimum atomic E-state index is 0.0821. The van der Waals surface area contributed by atoms with Gasteiger partial charge in [0.1, 0.15) is 6.33 Å². The summed E-state index contributed by atoms with van der Waals surface area (Å²) in [6, 6.07) is 16.2. The van der Waals surface area contributed by atoms with Crippen LogP contribution < -0.4 is 4.90 Å². The Balaban J connectivity index is 1.30. The Bertz CT molecular complexity index is 1200. The van der Waals surface area contributed by atoms with E-state index in [1.165, 1.54) is 17.3 Å². The normalized spacial score (nSPS) is 12.9. The first-order valence-corrected chi connectivity index (χ1v) is 11.5. The summed E-state index contributed by atoms with van der Waals surface area (Å²) in [5.74, 6) is 0.400. The van der Waals surface area contributed by atoms with Crippen molar-refractivity contribution in [3.05, 3.63) is 70.8 Å². The number of carbonyl (C=O) groups is 1. The van der Waals surface area contributed by atoms with Crippen molar-refractivity contribution in [2.45, 2.75) is 18.5 Å². The van der Waals surface area contributed by atoms with Crippen LogP contribution >= 0.6 is 23.1 Å². The molecule has 4 aromatic rings. The van der Waals surface area contributed by atoms with Crippen molar-refractivity contribution in [1.82, 2.24) is 19.7 Å². The minimum absolute atomic E-state index is 0.0821. The number of benzene rings is 2. The number of para-hydroxylation sites is 1. The van der Waals surface area contributed by atoms with E-state index in [4.69, 9.17) is 0 Å². The standard InChI is InChI=1S/C22H19N5OS2/c1-15-24-19(12-29-15)16-7-8-20-17(11-16)9-10-26(20)21(28)13-30-22-25-23-14-27(22)18-5-3-2-4-6-18/h2-8,11-12,14H,9-10,13H2,1H3. The molecule has 1 amide bonds. The van der Waals surface area contributed by atoms with Crippen molar-refractivity contribution in [1.29, 1.82) is 0 Å². The van der Waals surface area contributed by atoms with E-state index in [0.717, 1.165) is 34.1 Å². The Kier molecular flexibility index (Phi) is 5.10. The zero-order valence-electron chi connectivity index (χ0n) is 16.4. The van der Waals surface area contributed by atoms with Gasteiger partial charge in [0.15, 0.2) is 5.16 Å². The number of aryl methyl sites for hydroxylation is 1. The summed E-state index contributed by atoms with van der Waals surface area (Å²) in [7, 11) is 0. The summed E-state index contributed by atoms with van der Waals surface area (Å²) in [6.07, 6.45) is 2.54. The van der Waals surface area contributed by atoms with Gasteiger partial charge < -0.3 is 4.90 Å². The van der Waals surface area contributed by atoms with Crippen molar-refractivity contribution in [3.8, 4) is 16.9 Å². The smallest absolute Gasteiger partial charge is 0.237 e. The van der Waals surface area contributed by atoms with Crippen LogP contribution in [0, 0.1) is 6.92 Å². The number of hydrogen-bond acceptors (Lipinski definition) is 6. The molecule has 0 spiro atoms. The van der Waals surface area contributed by atoms with Gasteiger partial charge in [-0.25, -0.2) is 4.98 Å². The molecule has 0 atom stereocenters. The monoisotopic (exact) mass is 433 g/mol. The Hall–Kier alpha value is -2.97. The lowest BCUT2D eigenvalue weighted by molar-refractivity contribution is -0.116. The van der Waals surface area contributed by atoms with Gasteiger partial charge in [0.25, 0.3) is 0 Å². The zero-order chi connectivity index (χ0) is 20.5. The fourth-order valence-corrected chi connectivity index (χ4v) is 5.04. The first-order chi connectivity index (χ1) is 14.7. The van der Waals surface area contributed by atoms with E-state index in [2.05, 4.69) is 32.7 Å². The van der Waals surface area contributed by atoms with Crippen molar-refractivity contribution in [2.24, 2.45) is 0 Å². The molecule has 8 heteroatoms. The summed E-state index contributed by atoms with van der Waals surface area (Å²) < 4.78 is 1.90. The number of aromatic nitrogens is 4. The molecule has 0 fully saturated rings. The second kappa shape index (κ2) is 8.04. The fourth-order valence-electron chi connectivity index (χ4n) is 3.61. The predicted molar refractivity (Wildman–Crippen MR) is 120 cm³/mol. The Morgan fingerprint density at radius 2 is 2.07 bits per heavy atom. The number of amides is 1. The highest BCUT2D eigenvalue weighted by Gasteiger charge is 2.25. The van der Waals surface area contributed by atoms with Crippen molar-refractivity contribution < 1.29 is 4.79 Å². The van der Waals surface area contributed by atoms with Crippen LogP contribution in [-0.4, -0.2) is 38.0 Å². The maximum Gasteiger partial charge on any atom is 0.237 e. The summed E-state index contributed by atoms with van der Waals surface area (Å²) in [6.45, 7) is 2.72. The number of thioether (sulfide) groups is 1. The van der Waals surface area contributed by atoms with Crippen LogP contribution in [0.4, 0.5) is 5.69 Å². The second-order valence-electron chi connectivity index (χ2n) is 7.00. The molecular formula is C22H19N5OS2. The number of carbonyl (C=O) groups excluding carboxylic acids is 1. The Morgan fingerprint density at radius 1 is 1.20 bits per heavy atom. The number of thiazole rings is 1. The van der Waals surface area contributed by atoms with Crippen molar-refractivity contribution >= 4 is 34.7 Å². The van der Waals surface area contributed by atoms with E-state index in [1.54, 1.807) is 17.7 Å². The summed E-state index contributed by atoms with van der Waals surface area (Å²) >= 11 is 3.06. The predicted octanol–water partition coefficient (Wildman–Crippen LogP) is 4.38. The van der Waals surface area contributed by atoms with Crippen LogP contribution in [0.25, 0.3) is 16.9 Å². The second-order valence-corrected chi connectivity index (χ2v) is 9.00. The first kappa shape index (κ1) is 19.0. The van der Waals surface area contributed by atoms with E-state index in [-0.39, 0.29) is 5.91 Å². The van der Waals surface area contributed by atoms with Crippen molar-refractivity contribution in [3.63, 3.8) is 0 Å². The first-order valence-electron chi connectivity index (χ1n) is 9.63. The molecule has 5 rings (SSSR count). The van der Waals surface area contributed by atoms with Gasteiger partial charge in [-0.05, 0) is 43.2 Å². The Labute approximate surface area is 182 Å². The number of hydrogen-bond donors (Lipinski definition) is 0. The molecule has 2 aromatic heterocycles. The summed E-state index contributed by atoms with van der Waals surface area (Å²) in [4.78, 5) is 19.4. The van der Waals surface area contributed by atoms with E-state index >= 15 is 0 Å². The molecule has 1 aliphatic rings. The highest BCUT2D eigenvalue weighted by molar-refractivity contribution is 7.99. The third kappa shape index (κ3) is 3.64.